The summed E-state index contributed by atoms with van der Waals surface area (Å²) in [7, 11) is 1.63. The average Bonchev–Trinajstić information content (AvgIpc) is 3.02. The maximum Gasteiger partial charge on any atom is 0.321 e. The van der Waals surface area contributed by atoms with Crippen LogP contribution in [0.25, 0.3) is 5.69 Å². The quantitative estimate of drug-likeness (QED) is 0.705. The summed E-state index contributed by atoms with van der Waals surface area (Å²) in [6, 6.07) is 6.87. The number of nitrogens with one attached hydrogen (secondary N) is 2. The molecule has 1 fully saturated rings. The SMILES string of the molecule is CCC(C)Sc1nnc(CC2CC(=O)NC(=O)N2)n1-c1ccc(OC)cc1. The molecule has 2 aromatic rings. The molecule has 1 aliphatic rings. The number of aromatic nitrogens is 3. The van der Waals surface area contributed by atoms with E-state index in [9.17, 15) is 9.59 Å². The third-order valence-electron chi connectivity index (χ3n) is 4.36. The molecule has 1 aromatic heterocycles. The lowest BCUT2D eigenvalue weighted by atomic mass is 10.1. The highest BCUT2D eigenvalue weighted by molar-refractivity contribution is 7.99. The van der Waals surface area contributed by atoms with Gasteiger partial charge in [0.2, 0.25) is 5.91 Å². The first-order valence-corrected chi connectivity index (χ1v) is 9.73. The van der Waals surface area contributed by atoms with Crippen LogP contribution < -0.4 is 15.4 Å². The Balaban J connectivity index is 1.92. The lowest BCUT2D eigenvalue weighted by Crippen LogP contribution is -2.53. The summed E-state index contributed by atoms with van der Waals surface area (Å²) in [6.07, 6.45) is 1.64. The number of thioether (sulfide) groups is 1. The van der Waals surface area contributed by atoms with E-state index >= 15 is 0 Å². The Morgan fingerprint density at radius 3 is 2.67 bits per heavy atom. The summed E-state index contributed by atoms with van der Waals surface area (Å²) in [5.74, 6) is 1.18. The molecule has 1 saturated heterocycles. The van der Waals surface area contributed by atoms with Crippen LogP contribution in [0.15, 0.2) is 29.4 Å². The van der Waals surface area contributed by atoms with Crippen molar-refractivity contribution in [3.63, 3.8) is 0 Å². The molecule has 3 amide bonds. The lowest BCUT2D eigenvalue weighted by Gasteiger charge is -2.23. The molecule has 0 spiro atoms. The molecule has 1 aromatic carbocycles. The maximum atomic E-state index is 11.7. The van der Waals surface area contributed by atoms with Gasteiger partial charge in [-0.1, -0.05) is 25.6 Å². The monoisotopic (exact) mass is 389 g/mol. The normalized spacial score (nSPS) is 18.0. The van der Waals surface area contributed by atoms with Gasteiger partial charge in [0, 0.05) is 29.8 Å². The van der Waals surface area contributed by atoms with Gasteiger partial charge in [0.1, 0.15) is 11.6 Å². The van der Waals surface area contributed by atoms with Crippen molar-refractivity contribution < 1.29 is 14.3 Å². The molecule has 2 unspecified atom stereocenters. The van der Waals surface area contributed by atoms with E-state index in [1.165, 1.54) is 0 Å². The predicted octanol–water partition coefficient (Wildman–Crippen LogP) is 2.31. The Morgan fingerprint density at radius 2 is 2.04 bits per heavy atom. The fraction of sp³-hybridized carbons (Fsp3) is 0.444. The van der Waals surface area contributed by atoms with Crippen LogP contribution in [0.2, 0.25) is 0 Å². The number of carbonyl (C=O) groups excluding carboxylic acids is 2. The number of nitrogens with zero attached hydrogens (tertiary/aromatic N) is 3. The predicted molar refractivity (Wildman–Crippen MR) is 102 cm³/mol. The molecule has 3 rings (SSSR count). The van der Waals surface area contributed by atoms with E-state index in [4.69, 9.17) is 4.74 Å². The Labute approximate surface area is 162 Å². The van der Waals surface area contributed by atoms with Gasteiger partial charge in [-0.25, -0.2) is 4.79 Å². The van der Waals surface area contributed by atoms with Gasteiger partial charge >= 0.3 is 6.03 Å². The molecule has 2 atom stereocenters. The Kier molecular flexibility index (Phi) is 6.00. The van der Waals surface area contributed by atoms with E-state index in [1.807, 2.05) is 28.8 Å². The van der Waals surface area contributed by atoms with E-state index in [-0.39, 0.29) is 18.4 Å². The Morgan fingerprint density at radius 1 is 1.30 bits per heavy atom. The Bertz CT molecular complexity index is 805. The highest BCUT2D eigenvalue weighted by Crippen LogP contribution is 2.28. The molecule has 0 aliphatic carbocycles. The molecule has 9 heteroatoms. The molecule has 0 saturated carbocycles. The smallest absolute Gasteiger partial charge is 0.321 e. The first-order valence-electron chi connectivity index (χ1n) is 8.85. The fourth-order valence-electron chi connectivity index (χ4n) is 2.78. The standard InChI is InChI=1S/C18H23N5O3S/c1-4-11(2)27-18-22-21-15(9-12-10-16(24)20-17(25)19-12)23(18)13-5-7-14(26-3)8-6-13/h5-8,11-12H,4,9-10H2,1-3H3,(H2,19,20,24,25). The van der Waals surface area contributed by atoms with Crippen molar-refractivity contribution in [2.45, 2.75) is 49.6 Å². The largest absolute Gasteiger partial charge is 0.497 e. The summed E-state index contributed by atoms with van der Waals surface area (Å²) in [6.45, 7) is 4.27. The molecule has 0 radical (unpaired) electrons. The first-order chi connectivity index (χ1) is 13.0. The van der Waals surface area contributed by atoms with Gasteiger partial charge in [0.15, 0.2) is 5.16 Å². The third-order valence-corrected chi connectivity index (χ3v) is 5.57. The number of urea groups is 1. The zero-order valence-corrected chi connectivity index (χ0v) is 16.4. The van der Waals surface area contributed by atoms with E-state index < -0.39 is 6.03 Å². The minimum atomic E-state index is -0.471. The number of ether oxygens (including phenoxy) is 1. The maximum absolute atomic E-state index is 11.7. The zero-order chi connectivity index (χ0) is 19.4. The minimum Gasteiger partial charge on any atom is -0.497 e. The summed E-state index contributed by atoms with van der Waals surface area (Å²) in [4.78, 5) is 23.2. The summed E-state index contributed by atoms with van der Waals surface area (Å²) in [5, 5.41) is 14.9. The topological polar surface area (TPSA) is 98.1 Å². The van der Waals surface area contributed by atoms with E-state index in [1.54, 1.807) is 18.9 Å². The second-order valence-electron chi connectivity index (χ2n) is 6.40. The van der Waals surface area contributed by atoms with Crippen molar-refractivity contribution in [1.29, 1.82) is 0 Å². The van der Waals surface area contributed by atoms with Gasteiger partial charge in [0.25, 0.3) is 0 Å². The molecular formula is C18H23N5O3S. The number of hydrogen-bond acceptors (Lipinski definition) is 6. The minimum absolute atomic E-state index is 0.217. The lowest BCUT2D eigenvalue weighted by molar-refractivity contribution is -0.121. The number of carbonyl (C=O) groups is 2. The van der Waals surface area contributed by atoms with Gasteiger partial charge in [-0.2, -0.15) is 0 Å². The Hall–Kier alpha value is -2.55. The van der Waals surface area contributed by atoms with Crippen LogP contribution in [0.5, 0.6) is 5.75 Å². The number of benzene rings is 1. The van der Waals surface area contributed by atoms with Gasteiger partial charge in [-0.15, -0.1) is 10.2 Å². The molecule has 144 valence electrons. The number of rotatable bonds is 7. The molecule has 2 heterocycles. The molecule has 8 nitrogen and oxygen atoms in total. The van der Waals surface area contributed by atoms with Crippen LogP contribution in [-0.4, -0.2) is 45.1 Å². The molecule has 2 N–H and O–H groups in total. The number of hydrogen-bond donors (Lipinski definition) is 2. The molecule has 1 aliphatic heterocycles. The summed E-state index contributed by atoms with van der Waals surface area (Å²) in [5.41, 5.74) is 0.910. The molecular weight excluding hydrogens is 366 g/mol. The first kappa shape index (κ1) is 19.2. The molecule has 0 bridgehead atoms. The second kappa shape index (κ2) is 8.43. The van der Waals surface area contributed by atoms with Gasteiger partial charge in [-0.3, -0.25) is 14.7 Å². The van der Waals surface area contributed by atoms with Crippen molar-refractivity contribution >= 4 is 23.7 Å². The highest BCUT2D eigenvalue weighted by Gasteiger charge is 2.27. The average molecular weight is 389 g/mol. The van der Waals surface area contributed by atoms with Gasteiger partial charge < -0.3 is 10.1 Å². The zero-order valence-electron chi connectivity index (χ0n) is 15.6. The van der Waals surface area contributed by atoms with Crippen molar-refractivity contribution in [1.82, 2.24) is 25.4 Å². The van der Waals surface area contributed by atoms with E-state index in [0.717, 1.165) is 23.0 Å². The highest BCUT2D eigenvalue weighted by atomic mass is 32.2. The van der Waals surface area contributed by atoms with Crippen LogP contribution in [0, 0.1) is 0 Å². The van der Waals surface area contributed by atoms with Crippen LogP contribution >= 0.6 is 11.8 Å². The van der Waals surface area contributed by atoms with Crippen molar-refractivity contribution in [2.75, 3.05) is 7.11 Å². The number of amides is 3. The van der Waals surface area contributed by atoms with Gasteiger partial charge in [0.05, 0.1) is 7.11 Å². The number of methoxy groups -OCH3 is 1. The van der Waals surface area contributed by atoms with Crippen LogP contribution in [-0.2, 0) is 11.2 Å². The third kappa shape index (κ3) is 4.60. The fourth-order valence-corrected chi connectivity index (χ4v) is 3.71. The van der Waals surface area contributed by atoms with E-state index in [0.29, 0.717) is 17.5 Å². The van der Waals surface area contributed by atoms with Crippen LogP contribution in [0.1, 0.15) is 32.5 Å². The number of imide groups is 1. The van der Waals surface area contributed by atoms with E-state index in [2.05, 4.69) is 34.7 Å². The second-order valence-corrected chi connectivity index (χ2v) is 7.80. The van der Waals surface area contributed by atoms with Crippen LogP contribution in [0.4, 0.5) is 4.79 Å². The van der Waals surface area contributed by atoms with Crippen molar-refractivity contribution in [3.05, 3.63) is 30.1 Å². The van der Waals surface area contributed by atoms with Gasteiger partial charge in [-0.05, 0) is 30.7 Å². The summed E-state index contributed by atoms with van der Waals surface area (Å²) >= 11 is 1.65. The van der Waals surface area contributed by atoms with Crippen molar-refractivity contribution in [2.24, 2.45) is 0 Å². The summed E-state index contributed by atoms with van der Waals surface area (Å²) < 4.78 is 7.22. The molecule has 27 heavy (non-hydrogen) atoms. The van der Waals surface area contributed by atoms with Crippen LogP contribution in [0.3, 0.4) is 0 Å². The van der Waals surface area contributed by atoms with Crippen molar-refractivity contribution in [3.8, 4) is 11.4 Å².